The molecule has 0 aliphatic heterocycles. The van der Waals surface area contributed by atoms with E-state index in [1.807, 2.05) is 11.6 Å². The van der Waals surface area contributed by atoms with Crippen molar-refractivity contribution in [3.05, 3.63) is 11.4 Å². The van der Waals surface area contributed by atoms with Crippen LogP contribution in [0.1, 0.15) is 17.8 Å². The molecule has 0 saturated heterocycles. The van der Waals surface area contributed by atoms with E-state index in [-0.39, 0.29) is 0 Å². The zero-order chi connectivity index (χ0) is 10.6. The van der Waals surface area contributed by atoms with Crippen molar-refractivity contribution in [2.45, 2.75) is 26.4 Å². The van der Waals surface area contributed by atoms with Crippen molar-refractivity contribution in [2.24, 2.45) is 5.73 Å². The Morgan fingerprint density at radius 1 is 1.43 bits per heavy atom. The standard InChI is InChI=1S/C9H19N5/c1-8-9(7-10)11-12-14(8)6-4-5-13(2)3/h4-7,10H2,1-3H3. The summed E-state index contributed by atoms with van der Waals surface area (Å²) in [5.41, 5.74) is 7.50. The van der Waals surface area contributed by atoms with Crippen LogP contribution in [0.2, 0.25) is 0 Å². The lowest BCUT2D eigenvalue weighted by atomic mass is 10.3. The maximum atomic E-state index is 5.52. The second-order valence-electron chi connectivity index (χ2n) is 3.71. The third-order valence-electron chi connectivity index (χ3n) is 2.25. The van der Waals surface area contributed by atoms with Crippen molar-refractivity contribution >= 4 is 0 Å². The van der Waals surface area contributed by atoms with Crippen LogP contribution in [-0.4, -0.2) is 40.5 Å². The summed E-state index contributed by atoms with van der Waals surface area (Å²) in [6.07, 6.45) is 1.08. The fourth-order valence-electron chi connectivity index (χ4n) is 1.33. The number of nitrogens with two attached hydrogens (primary N) is 1. The van der Waals surface area contributed by atoms with Crippen molar-refractivity contribution in [1.29, 1.82) is 0 Å². The highest BCUT2D eigenvalue weighted by Crippen LogP contribution is 2.03. The number of hydrogen-bond donors (Lipinski definition) is 1. The van der Waals surface area contributed by atoms with Crippen LogP contribution in [-0.2, 0) is 13.1 Å². The van der Waals surface area contributed by atoms with Gasteiger partial charge in [-0.25, -0.2) is 4.68 Å². The van der Waals surface area contributed by atoms with Crippen LogP contribution < -0.4 is 5.73 Å². The van der Waals surface area contributed by atoms with Crippen LogP contribution >= 0.6 is 0 Å². The maximum Gasteiger partial charge on any atom is 0.0991 e. The minimum atomic E-state index is 0.472. The SMILES string of the molecule is Cc1c(CN)nnn1CCCN(C)C. The van der Waals surface area contributed by atoms with Gasteiger partial charge in [-0.2, -0.15) is 0 Å². The summed E-state index contributed by atoms with van der Waals surface area (Å²) in [5, 5.41) is 8.06. The van der Waals surface area contributed by atoms with Crippen LogP contribution in [0.15, 0.2) is 0 Å². The highest BCUT2D eigenvalue weighted by atomic mass is 15.4. The monoisotopic (exact) mass is 197 g/mol. The van der Waals surface area contributed by atoms with E-state index in [0.717, 1.165) is 30.9 Å². The number of aryl methyl sites for hydroxylation is 1. The Hall–Kier alpha value is -0.940. The minimum absolute atomic E-state index is 0.472. The number of nitrogens with zero attached hydrogens (tertiary/aromatic N) is 4. The summed E-state index contributed by atoms with van der Waals surface area (Å²) in [6.45, 7) is 4.46. The smallest absolute Gasteiger partial charge is 0.0991 e. The molecular weight excluding hydrogens is 178 g/mol. The first-order chi connectivity index (χ1) is 6.65. The Balaban J connectivity index is 2.46. The molecule has 0 fully saturated rings. The minimum Gasteiger partial charge on any atom is -0.325 e. The summed E-state index contributed by atoms with van der Waals surface area (Å²) < 4.78 is 1.92. The van der Waals surface area contributed by atoms with E-state index in [4.69, 9.17) is 5.73 Å². The first-order valence-corrected chi connectivity index (χ1v) is 4.89. The van der Waals surface area contributed by atoms with Gasteiger partial charge in [0, 0.05) is 13.1 Å². The number of rotatable bonds is 5. The normalized spacial score (nSPS) is 11.2. The van der Waals surface area contributed by atoms with E-state index in [1.165, 1.54) is 0 Å². The largest absolute Gasteiger partial charge is 0.325 e. The van der Waals surface area contributed by atoms with Crippen molar-refractivity contribution < 1.29 is 0 Å². The van der Waals surface area contributed by atoms with Gasteiger partial charge in [-0.15, -0.1) is 5.10 Å². The second-order valence-corrected chi connectivity index (χ2v) is 3.71. The topological polar surface area (TPSA) is 60.0 Å². The summed E-state index contributed by atoms with van der Waals surface area (Å²) in [4.78, 5) is 2.16. The molecule has 0 bridgehead atoms. The van der Waals surface area contributed by atoms with Gasteiger partial charge in [-0.1, -0.05) is 5.21 Å². The zero-order valence-electron chi connectivity index (χ0n) is 9.19. The summed E-state index contributed by atoms with van der Waals surface area (Å²) in [6, 6.07) is 0. The van der Waals surface area contributed by atoms with Gasteiger partial charge in [0.2, 0.25) is 0 Å². The molecule has 0 aliphatic rings. The number of aromatic nitrogens is 3. The van der Waals surface area contributed by atoms with Gasteiger partial charge in [0.15, 0.2) is 0 Å². The molecule has 5 heteroatoms. The van der Waals surface area contributed by atoms with E-state index in [2.05, 4.69) is 29.3 Å². The summed E-state index contributed by atoms with van der Waals surface area (Å²) in [7, 11) is 4.14. The predicted octanol–water partition coefficient (Wildman–Crippen LogP) is -0.00308. The molecule has 1 heterocycles. The molecular formula is C9H19N5. The molecule has 0 aliphatic carbocycles. The van der Waals surface area contributed by atoms with E-state index in [1.54, 1.807) is 0 Å². The molecule has 0 saturated carbocycles. The van der Waals surface area contributed by atoms with Gasteiger partial charge in [0.1, 0.15) is 0 Å². The van der Waals surface area contributed by atoms with Crippen LogP contribution in [0.5, 0.6) is 0 Å². The van der Waals surface area contributed by atoms with Crippen molar-refractivity contribution in [3.8, 4) is 0 Å². The van der Waals surface area contributed by atoms with Crippen molar-refractivity contribution in [2.75, 3.05) is 20.6 Å². The molecule has 0 atom stereocenters. The highest BCUT2D eigenvalue weighted by molar-refractivity contribution is 5.06. The third kappa shape index (κ3) is 2.78. The van der Waals surface area contributed by atoms with Gasteiger partial charge in [0.05, 0.1) is 11.4 Å². The molecule has 1 aromatic rings. The Bertz CT molecular complexity index is 279. The molecule has 80 valence electrons. The lowest BCUT2D eigenvalue weighted by Crippen LogP contribution is -2.16. The quantitative estimate of drug-likeness (QED) is 0.721. The average Bonchev–Trinajstić information content (AvgIpc) is 2.47. The van der Waals surface area contributed by atoms with Crippen LogP contribution in [0.3, 0.4) is 0 Å². The molecule has 0 spiro atoms. The lowest BCUT2D eigenvalue weighted by Gasteiger charge is -2.09. The van der Waals surface area contributed by atoms with Gasteiger partial charge in [-0.05, 0) is 34.0 Å². The lowest BCUT2D eigenvalue weighted by molar-refractivity contribution is 0.377. The first kappa shape index (κ1) is 11.1. The van der Waals surface area contributed by atoms with Crippen molar-refractivity contribution in [1.82, 2.24) is 19.9 Å². The van der Waals surface area contributed by atoms with Gasteiger partial charge in [0.25, 0.3) is 0 Å². The molecule has 0 radical (unpaired) electrons. The van der Waals surface area contributed by atoms with E-state index < -0.39 is 0 Å². The zero-order valence-corrected chi connectivity index (χ0v) is 9.19. The van der Waals surface area contributed by atoms with Crippen LogP contribution in [0.25, 0.3) is 0 Å². The first-order valence-electron chi connectivity index (χ1n) is 4.89. The van der Waals surface area contributed by atoms with Gasteiger partial charge >= 0.3 is 0 Å². The van der Waals surface area contributed by atoms with Gasteiger partial charge < -0.3 is 10.6 Å². The van der Waals surface area contributed by atoms with E-state index >= 15 is 0 Å². The molecule has 0 amide bonds. The molecule has 0 aromatic carbocycles. The summed E-state index contributed by atoms with van der Waals surface area (Å²) in [5.74, 6) is 0. The predicted molar refractivity (Wildman–Crippen MR) is 55.8 cm³/mol. The highest BCUT2D eigenvalue weighted by Gasteiger charge is 2.05. The van der Waals surface area contributed by atoms with Crippen LogP contribution in [0, 0.1) is 6.92 Å². The Morgan fingerprint density at radius 2 is 2.14 bits per heavy atom. The molecule has 14 heavy (non-hydrogen) atoms. The third-order valence-corrected chi connectivity index (χ3v) is 2.25. The van der Waals surface area contributed by atoms with Crippen molar-refractivity contribution in [3.63, 3.8) is 0 Å². The molecule has 0 unspecified atom stereocenters. The van der Waals surface area contributed by atoms with E-state index in [9.17, 15) is 0 Å². The Kier molecular flexibility index (Phi) is 4.03. The maximum absolute atomic E-state index is 5.52. The molecule has 1 rings (SSSR count). The Morgan fingerprint density at radius 3 is 2.64 bits per heavy atom. The molecule has 1 aromatic heterocycles. The fourth-order valence-corrected chi connectivity index (χ4v) is 1.33. The fraction of sp³-hybridized carbons (Fsp3) is 0.778. The number of hydrogen-bond acceptors (Lipinski definition) is 4. The van der Waals surface area contributed by atoms with Crippen LogP contribution in [0.4, 0.5) is 0 Å². The van der Waals surface area contributed by atoms with Gasteiger partial charge in [-0.3, -0.25) is 0 Å². The average molecular weight is 197 g/mol. The van der Waals surface area contributed by atoms with E-state index in [0.29, 0.717) is 6.54 Å². The summed E-state index contributed by atoms with van der Waals surface area (Å²) >= 11 is 0. The molecule has 5 nitrogen and oxygen atoms in total. The second kappa shape index (κ2) is 5.07. The molecule has 2 N–H and O–H groups in total. The Labute approximate surface area is 84.9 Å².